The monoisotopic (exact) mass is 323 g/mol. The number of rotatable bonds is 4. The fraction of sp³-hybridized carbons (Fsp3) is 0.333. The number of nitriles is 1. The lowest BCUT2D eigenvalue weighted by molar-refractivity contribution is 0.105. The van der Waals surface area contributed by atoms with Gasteiger partial charge in [-0.05, 0) is 52.8 Å². The van der Waals surface area contributed by atoms with Crippen molar-refractivity contribution >= 4 is 17.2 Å². The van der Waals surface area contributed by atoms with E-state index in [1.54, 1.807) is 10.7 Å². The number of aromatic nitrogens is 2. The molecular formula is C18H21N5O. The minimum atomic E-state index is -0.451. The van der Waals surface area contributed by atoms with Gasteiger partial charge in [0.05, 0.1) is 16.9 Å². The van der Waals surface area contributed by atoms with E-state index in [1.165, 1.54) is 0 Å². The smallest absolute Gasteiger partial charge is 0.241 e. The van der Waals surface area contributed by atoms with Gasteiger partial charge in [-0.3, -0.25) is 14.9 Å². The number of hydrogen-bond donors (Lipinski definition) is 1. The van der Waals surface area contributed by atoms with Gasteiger partial charge in [0.25, 0.3) is 0 Å². The van der Waals surface area contributed by atoms with Gasteiger partial charge >= 0.3 is 0 Å². The Balaban J connectivity index is 2.31. The molecule has 1 aromatic heterocycles. The number of ketones is 1. The number of hydrazone groups is 1. The number of carbonyl (C=O) groups excluding carboxylic acids is 1. The van der Waals surface area contributed by atoms with Crippen molar-refractivity contribution in [1.29, 1.82) is 5.26 Å². The van der Waals surface area contributed by atoms with Gasteiger partial charge in [-0.2, -0.15) is 15.5 Å². The van der Waals surface area contributed by atoms with Crippen LogP contribution in [0.1, 0.15) is 42.5 Å². The summed E-state index contributed by atoms with van der Waals surface area (Å²) in [6, 6.07) is 11.1. The van der Waals surface area contributed by atoms with Crippen LogP contribution in [0.3, 0.4) is 0 Å². The van der Waals surface area contributed by atoms with Gasteiger partial charge in [0.1, 0.15) is 11.8 Å². The molecule has 2 rings (SSSR count). The maximum absolute atomic E-state index is 12.7. The molecule has 6 heteroatoms. The highest BCUT2D eigenvalue weighted by Crippen LogP contribution is 2.18. The summed E-state index contributed by atoms with van der Waals surface area (Å²) in [6.45, 7) is 9.64. The highest BCUT2D eigenvalue weighted by atomic mass is 16.1. The Kier molecular flexibility index (Phi) is 4.84. The summed E-state index contributed by atoms with van der Waals surface area (Å²) in [5.41, 5.74) is 5.07. The number of carbonyl (C=O) groups is 1. The average molecular weight is 323 g/mol. The molecule has 1 heterocycles. The van der Waals surface area contributed by atoms with E-state index in [0.29, 0.717) is 11.4 Å². The molecule has 0 spiro atoms. The van der Waals surface area contributed by atoms with E-state index in [9.17, 15) is 10.1 Å². The summed E-state index contributed by atoms with van der Waals surface area (Å²) in [5.74, 6) is -0.451. The van der Waals surface area contributed by atoms with Crippen molar-refractivity contribution in [2.45, 2.75) is 40.2 Å². The average Bonchev–Trinajstić information content (AvgIpc) is 2.91. The van der Waals surface area contributed by atoms with Crippen molar-refractivity contribution in [3.05, 3.63) is 47.3 Å². The van der Waals surface area contributed by atoms with E-state index in [1.807, 2.05) is 65.0 Å². The zero-order valence-electron chi connectivity index (χ0n) is 14.6. The second-order valence-electron chi connectivity index (χ2n) is 6.63. The zero-order chi connectivity index (χ0) is 17.9. The van der Waals surface area contributed by atoms with E-state index in [4.69, 9.17) is 0 Å². The first-order chi connectivity index (χ1) is 11.2. The van der Waals surface area contributed by atoms with Crippen molar-refractivity contribution in [3.63, 3.8) is 0 Å². The van der Waals surface area contributed by atoms with Crippen LogP contribution < -0.4 is 5.43 Å². The van der Waals surface area contributed by atoms with Crippen molar-refractivity contribution in [2.24, 2.45) is 5.10 Å². The third-order valence-electron chi connectivity index (χ3n) is 3.37. The highest BCUT2D eigenvalue weighted by molar-refractivity contribution is 6.51. The van der Waals surface area contributed by atoms with Gasteiger partial charge in [0, 0.05) is 0 Å². The fourth-order valence-electron chi connectivity index (χ4n) is 2.17. The maximum Gasteiger partial charge on any atom is 0.241 e. The molecule has 0 unspecified atom stereocenters. The van der Waals surface area contributed by atoms with Crippen molar-refractivity contribution in [1.82, 2.24) is 9.78 Å². The van der Waals surface area contributed by atoms with Crippen LogP contribution in [0.15, 0.2) is 35.4 Å². The number of Topliss-reactive ketones (excluding diaryl/α,β-unsaturated/α-hetero) is 1. The first-order valence-corrected chi connectivity index (χ1v) is 7.64. The summed E-state index contributed by atoms with van der Waals surface area (Å²) in [6.07, 6.45) is 0. The second-order valence-corrected chi connectivity index (χ2v) is 6.63. The summed E-state index contributed by atoms with van der Waals surface area (Å²) >= 11 is 0. The Morgan fingerprint density at radius 1 is 1.25 bits per heavy atom. The molecule has 1 aromatic carbocycles. The maximum atomic E-state index is 12.7. The van der Waals surface area contributed by atoms with Crippen molar-refractivity contribution in [3.8, 4) is 6.07 Å². The molecule has 0 bridgehead atoms. The third-order valence-corrected chi connectivity index (χ3v) is 3.37. The number of aryl methyl sites for hydroxylation is 2. The van der Waals surface area contributed by atoms with E-state index in [0.717, 1.165) is 11.3 Å². The SMILES string of the molecule is Cc1ccc(N/N=C(\C#N)C(=O)c2cc(C)nn2C(C)(C)C)cc1. The largest absolute Gasteiger partial charge is 0.284 e. The van der Waals surface area contributed by atoms with E-state index in [2.05, 4.69) is 15.6 Å². The molecule has 24 heavy (non-hydrogen) atoms. The van der Waals surface area contributed by atoms with Crippen molar-refractivity contribution < 1.29 is 4.79 Å². The normalized spacial score (nSPS) is 11.9. The fourth-order valence-corrected chi connectivity index (χ4v) is 2.17. The van der Waals surface area contributed by atoms with E-state index < -0.39 is 5.78 Å². The second kappa shape index (κ2) is 6.67. The van der Waals surface area contributed by atoms with Gasteiger partial charge in [-0.25, -0.2) is 0 Å². The van der Waals surface area contributed by atoms with Crippen LogP contribution in [-0.4, -0.2) is 21.3 Å². The molecular weight excluding hydrogens is 302 g/mol. The molecule has 1 N–H and O–H groups in total. The number of benzene rings is 1. The number of anilines is 1. The van der Waals surface area contributed by atoms with E-state index in [-0.39, 0.29) is 11.3 Å². The van der Waals surface area contributed by atoms with Gasteiger partial charge in [-0.1, -0.05) is 17.7 Å². The Morgan fingerprint density at radius 2 is 1.88 bits per heavy atom. The molecule has 2 aromatic rings. The Bertz CT molecular complexity index is 817. The van der Waals surface area contributed by atoms with Crippen LogP contribution in [0, 0.1) is 25.2 Å². The summed E-state index contributed by atoms with van der Waals surface area (Å²) in [5, 5.41) is 17.6. The molecule has 0 aliphatic rings. The number of nitrogens with zero attached hydrogens (tertiary/aromatic N) is 4. The molecule has 124 valence electrons. The molecule has 0 aliphatic carbocycles. The quantitative estimate of drug-likeness (QED) is 0.531. The van der Waals surface area contributed by atoms with Gasteiger partial charge < -0.3 is 0 Å². The topological polar surface area (TPSA) is 83.1 Å². The van der Waals surface area contributed by atoms with Crippen LogP contribution in [0.4, 0.5) is 5.69 Å². The third kappa shape index (κ3) is 3.87. The lowest BCUT2D eigenvalue weighted by atomic mass is 10.1. The minimum Gasteiger partial charge on any atom is -0.284 e. The van der Waals surface area contributed by atoms with Crippen LogP contribution in [0.25, 0.3) is 0 Å². The molecule has 0 radical (unpaired) electrons. The van der Waals surface area contributed by atoms with Crippen LogP contribution >= 0.6 is 0 Å². The zero-order valence-corrected chi connectivity index (χ0v) is 14.6. The van der Waals surface area contributed by atoms with Gasteiger partial charge in [0.15, 0.2) is 0 Å². The number of nitrogens with one attached hydrogen (secondary N) is 1. The Labute approximate surface area is 141 Å². The van der Waals surface area contributed by atoms with Gasteiger partial charge in [-0.15, -0.1) is 0 Å². The summed E-state index contributed by atoms with van der Waals surface area (Å²) in [4.78, 5) is 12.7. The molecule has 0 saturated heterocycles. The summed E-state index contributed by atoms with van der Waals surface area (Å²) in [7, 11) is 0. The predicted molar refractivity (Wildman–Crippen MR) is 94.1 cm³/mol. The molecule has 0 fully saturated rings. The van der Waals surface area contributed by atoms with E-state index >= 15 is 0 Å². The predicted octanol–water partition coefficient (Wildman–Crippen LogP) is 3.43. The molecule has 0 amide bonds. The number of hydrogen-bond acceptors (Lipinski definition) is 5. The lowest BCUT2D eigenvalue weighted by Gasteiger charge is -2.21. The van der Waals surface area contributed by atoms with Crippen LogP contribution in [0.5, 0.6) is 0 Å². The molecule has 0 atom stereocenters. The Morgan fingerprint density at radius 3 is 2.42 bits per heavy atom. The molecule has 0 aliphatic heterocycles. The van der Waals surface area contributed by atoms with Crippen molar-refractivity contribution in [2.75, 3.05) is 5.43 Å². The molecule has 0 saturated carbocycles. The van der Waals surface area contributed by atoms with Gasteiger partial charge in [0.2, 0.25) is 11.5 Å². The van der Waals surface area contributed by atoms with Crippen LogP contribution in [0.2, 0.25) is 0 Å². The first kappa shape index (κ1) is 17.4. The Hall–Kier alpha value is -2.94. The first-order valence-electron chi connectivity index (χ1n) is 7.64. The lowest BCUT2D eigenvalue weighted by Crippen LogP contribution is -2.29. The minimum absolute atomic E-state index is 0.207. The standard InChI is InChI=1S/C18H21N5O/c1-12-6-8-14(9-7-12)20-21-15(11-19)17(24)16-10-13(2)22-23(16)18(3,4)5/h6-10,20H,1-5H3/b21-15+. The molecule has 6 nitrogen and oxygen atoms in total. The highest BCUT2D eigenvalue weighted by Gasteiger charge is 2.25. The van der Waals surface area contributed by atoms with Crippen LogP contribution in [-0.2, 0) is 5.54 Å². The summed E-state index contributed by atoms with van der Waals surface area (Å²) < 4.78 is 1.63.